The largest absolute Gasteiger partial charge is 0.378 e. The SMILES string of the molecule is CC.CNCCOCCOCCN.CP. The Morgan fingerprint density at radius 3 is 1.87 bits per heavy atom. The van der Waals surface area contributed by atoms with Gasteiger partial charge in [0.1, 0.15) is 0 Å². The molecule has 1 atom stereocenters. The van der Waals surface area contributed by atoms with Gasteiger partial charge < -0.3 is 20.5 Å². The van der Waals surface area contributed by atoms with Crippen LogP contribution in [0, 0.1) is 0 Å². The highest BCUT2D eigenvalue weighted by molar-refractivity contribution is 7.15. The van der Waals surface area contributed by atoms with E-state index < -0.39 is 0 Å². The maximum absolute atomic E-state index is 5.22. The molecule has 0 aliphatic rings. The summed E-state index contributed by atoms with van der Waals surface area (Å²) in [6.45, 7) is 10.0. The minimum atomic E-state index is 0.580. The van der Waals surface area contributed by atoms with Gasteiger partial charge >= 0.3 is 0 Å². The number of ether oxygens (including phenoxy) is 2. The number of hydrogen-bond donors (Lipinski definition) is 2. The molecule has 0 aromatic heterocycles. The van der Waals surface area contributed by atoms with Gasteiger partial charge in [-0.05, 0) is 7.05 Å². The monoisotopic (exact) mass is 240 g/mol. The van der Waals surface area contributed by atoms with E-state index in [4.69, 9.17) is 15.2 Å². The molecule has 0 saturated carbocycles. The zero-order valence-corrected chi connectivity index (χ0v) is 11.9. The van der Waals surface area contributed by atoms with Crippen LogP contribution < -0.4 is 11.1 Å². The molecule has 0 aliphatic carbocycles. The molecular weight excluding hydrogens is 211 g/mol. The standard InChI is InChI=1S/C7H18N2O2.C2H6.CH5P/c1-9-3-5-11-7-6-10-4-2-8;2*1-2/h9H,2-8H2,1H3;1-2H3;2H2,1H3. The molecule has 0 aromatic rings. The molecule has 0 saturated heterocycles. The predicted octanol–water partition coefficient (Wildman–Crippen LogP) is 0.715. The van der Waals surface area contributed by atoms with Crippen LogP contribution >= 0.6 is 9.24 Å². The van der Waals surface area contributed by atoms with E-state index in [0.717, 1.165) is 13.2 Å². The highest BCUT2D eigenvalue weighted by Crippen LogP contribution is 1.76. The lowest BCUT2D eigenvalue weighted by Gasteiger charge is -2.03. The third kappa shape index (κ3) is 31.4. The second-order valence-electron chi connectivity index (χ2n) is 2.12. The van der Waals surface area contributed by atoms with Crippen molar-refractivity contribution in [3.05, 3.63) is 0 Å². The molecule has 0 aromatic carbocycles. The fourth-order valence-corrected chi connectivity index (χ4v) is 0.580. The molecule has 0 radical (unpaired) electrons. The van der Waals surface area contributed by atoms with Crippen molar-refractivity contribution in [2.45, 2.75) is 13.8 Å². The van der Waals surface area contributed by atoms with E-state index >= 15 is 0 Å². The minimum absolute atomic E-state index is 0.580. The Bertz CT molecular complexity index is 70.4. The first-order chi connectivity index (χ1) is 7.41. The van der Waals surface area contributed by atoms with Crippen LogP contribution in [0.15, 0.2) is 0 Å². The topological polar surface area (TPSA) is 56.5 Å². The van der Waals surface area contributed by atoms with Gasteiger partial charge in [0, 0.05) is 13.1 Å². The summed E-state index contributed by atoms with van der Waals surface area (Å²) in [6, 6.07) is 0. The molecule has 0 spiro atoms. The summed E-state index contributed by atoms with van der Waals surface area (Å²) in [6.07, 6.45) is 0. The highest BCUT2D eigenvalue weighted by atomic mass is 31.0. The normalized spacial score (nSPS) is 8.40. The first kappa shape index (κ1) is 20.7. The summed E-state index contributed by atoms with van der Waals surface area (Å²) in [5, 5.41) is 2.98. The first-order valence-electron chi connectivity index (χ1n) is 5.49. The van der Waals surface area contributed by atoms with Crippen molar-refractivity contribution >= 4 is 9.24 Å². The summed E-state index contributed by atoms with van der Waals surface area (Å²) in [4.78, 5) is 0. The van der Waals surface area contributed by atoms with Crippen LogP contribution in [0.25, 0.3) is 0 Å². The van der Waals surface area contributed by atoms with Crippen LogP contribution in [0.2, 0.25) is 0 Å². The third-order valence-electron chi connectivity index (χ3n) is 1.13. The van der Waals surface area contributed by atoms with Crippen molar-refractivity contribution in [1.29, 1.82) is 0 Å². The molecule has 0 aliphatic heterocycles. The highest BCUT2D eigenvalue weighted by Gasteiger charge is 1.87. The van der Waals surface area contributed by atoms with Crippen molar-refractivity contribution in [2.24, 2.45) is 5.73 Å². The fraction of sp³-hybridized carbons (Fsp3) is 1.00. The predicted molar refractivity (Wildman–Crippen MR) is 71.6 cm³/mol. The van der Waals surface area contributed by atoms with E-state index in [0.29, 0.717) is 26.4 Å². The average molecular weight is 240 g/mol. The second kappa shape index (κ2) is 29.2. The fourth-order valence-electron chi connectivity index (χ4n) is 0.580. The Morgan fingerprint density at radius 2 is 1.47 bits per heavy atom. The lowest BCUT2D eigenvalue weighted by atomic mass is 10.6. The molecule has 0 rings (SSSR count). The summed E-state index contributed by atoms with van der Waals surface area (Å²) in [7, 11) is 4.31. The zero-order valence-electron chi connectivity index (χ0n) is 10.7. The molecule has 5 heteroatoms. The number of nitrogens with two attached hydrogens (primary N) is 1. The van der Waals surface area contributed by atoms with E-state index in [1.54, 1.807) is 0 Å². The van der Waals surface area contributed by atoms with Gasteiger partial charge in [0.25, 0.3) is 0 Å². The molecule has 0 heterocycles. The van der Waals surface area contributed by atoms with E-state index in [1.165, 1.54) is 0 Å². The Kier molecular flexibility index (Phi) is 40.3. The smallest absolute Gasteiger partial charge is 0.0701 e. The molecule has 3 N–H and O–H groups in total. The first-order valence-corrected chi connectivity index (χ1v) is 6.65. The van der Waals surface area contributed by atoms with Crippen LogP contribution in [0.1, 0.15) is 13.8 Å². The van der Waals surface area contributed by atoms with Crippen LogP contribution in [0.4, 0.5) is 0 Å². The number of nitrogens with one attached hydrogen (secondary N) is 1. The number of rotatable bonds is 8. The van der Waals surface area contributed by atoms with Crippen LogP contribution in [-0.4, -0.2) is 53.2 Å². The van der Waals surface area contributed by atoms with Gasteiger partial charge in [-0.2, -0.15) is 0 Å². The molecule has 4 nitrogen and oxygen atoms in total. The molecule has 15 heavy (non-hydrogen) atoms. The lowest BCUT2D eigenvalue weighted by molar-refractivity contribution is 0.0523. The Hall–Kier alpha value is 0.270. The summed E-state index contributed by atoms with van der Waals surface area (Å²) >= 11 is 0. The molecule has 0 amide bonds. The van der Waals surface area contributed by atoms with Crippen molar-refractivity contribution < 1.29 is 9.47 Å². The van der Waals surface area contributed by atoms with Gasteiger partial charge in [-0.15, -0.1) is 9.24 Å². The minimum Gasteiger partial charge on any atom is -0.378 e. The van der Waals surface area contributed by atoms with Gasteiger partial charge in [-0.25, -0.2) is 0 Å². The number of hydrogen-bond acceptors (Lipinski definition) is 4. The summed E-state index contributed by atoms with van der Waals surface area (Å²) in [5.74, 6) is 0. The van der Waals surface area contributed by atoms with Gasteiger partial charge in [0.2, 0.25) is 0 Å². The summed E-state index contributed by atoms with van der Waals surface area (Å²) in [5.41, 5.74) is 5.22. The van der Waals surface area contributed by atoms with E-state index in [1.807, 2.05) is 27.6 Å². The van der Waals surface area contributed by atoms with Crippen molar-refractivity contribution in [1.82, 2.24) is 5.32 Å². The van der Waals surface area contributed by atoms with Crippen LogP contribution in [-0.2, 0) is 9.47 Å². The lowest BCUT2D eigenvalue weighted by Crippen LogP contribution is -2.17. The van der Waals surface area contributed by atoms with Gasteiger partial charge in [0.05, 0.1) is 26.4 Å². The molecule has 1 unspecified atom stereocenters. The number of likely N-dealkylation sites (N-methyl/N-ethyl adjacent to an activating group) is 1. The molecule has 0 fully saturated rings. The maximum Gasteiger partial charge on any atom is 0.0701 e. The van der Waals surface area contributed by atoms with E-state index in [-0.39, 0.29) is 0 Å². The van der Waals surface area contributed by atoms with Crippen molar-refractivity contribution in [3.63, 3.8) is 0 Å². The van der Waals surface area contributed by atoms with E-state index in [2.05, 4.69) is 14.6 Å². The molecule has 0 bridgehead atoms. The quantitative estimate of drug-likeness (QED) is 0.485. The average Bonchev–Trinajstić information content (AvgIpc) is 2.33. The summed E-state index contributed by atoms with van der Waals surface area (Å²) < 4.78 is 10.3. The van der Waals surface area contributed by atoms with Crippen LogP contribution in [0.3, 0.4) is 0 Å². The maximum atomic E-state index is 5.22. The van der Waals surface area contributed by atoms with Crippen molar-refractivity contribution in [3.8, 4) is 0 Å². The van der Waals surface area contributed by atoms with Gasteiger partial charge in [-0.3, -0.25) is 0 Å². The van der Waals surface area contributed by atoms with Gasteiger partial charge in [-0.1, -0.05) is 20.5 Å². The Labute approximate surface area is 97.5 Å². The molecule has 96 valence electrons. The molecular formula is C10H29N2O2P. The van der Waals surface area contributed by atoms with Crippen molar-refractivity contribution in [2.75, 3.05) is 53.2 Å². The Balaban J connectivity index is -0.000000318. The third-order valence-corrected chi connectivity index (χ3v) is 1.13. The van der Waals surface area contributed by atoms with Gasteiger partial charge in [0.15, 0.2) is 0 Å². The zero-order chi connectivity index (χ0) is 12.4. The second-order valence-corrected chi connectivity index (χ2v) is 2.12. The van der Waals surface area contributed by atoms with Crippen LogP contribution in [0.5, 0.6) is 0 Å². The van der Waals surface area contributed by atoms with E-state index in [9.17, 15) is 0 Å². The Morgan fingerprint density at radius 1 is 1.00 bits per heavy atom.